The van der Waals surface area contributed by atoms with E-state index in [0.29, 0.717) is 17.3 Å². The number of amides is 1. The predicted molar refractivity (Wildman–Crippen MR) is 94.5 cm³/mol. The van der Waals surface area contributed by atoms with Gasteiger partial charge in [-0.25, -0.2) is 4.79 Å². The lowest BCUT2D eigenvalue weighted by Gasteiger charge is -2.36. The van der Waals surface area contributed by atoms with E-state index in [9.17, 15) is 13.2 Å². The fourth-order valence-corrected chi connectivity index (χ4v) is 4.14. The maximum Gasteiger partial charge on any atom is 0.426 e. The van der Waals surface area contributed by atoms with Crippen molar-refractivity contribution in [2.75, 3.05) is 13.2 Å². The summed E-state index contributed by atoms with van der Waals surface area (Å²) in [5.74, 6) is 0. The Kier molecular flexibility index (Phi) is 6.18. The maximum absolute atomic E-state index is 12.2. The Hall–Kier alpha value is -0.643. The van der Waals surface area contributed by atoms with Crippen molar-refractivity contribution in [3.8, 4) is 0 Å². The van der Waals surface area contributed by atoms with Crippen LogP contribution >= 0.6 is 0 Å². The molecule has 0 aromatic rings. The third-order valence-corrected chi connectivity index (χ3v) is 10.2. The van der Waals surface area contributed by atoms with Crippen molar-refractivity contribution in [2.45, 2.75) is 77.7 Å². The topological polar surface area (TPSA) is 82.1 Å². The van der Waals surface area contributed by atoms with Gasteiger partial charge in [-0.15, -0.1) is 0 Å². The van der Waals surface area contributed by atoms with E-state index in [2.05, 4.69) is 33.9 Å². The SMILES string of the molecule is CC(C)(C)OC(=O)N1[C@H](CCO[Si](C)(C)C(C)(C)C)COS1(=O)=O. The van der Waals surface area contributed by atoms with Gasteiger partial charge in [0.15, 0.2) is 8.32 Å². The summed E-state index contributed by atoms with van der Waals surface area (Å²) in [6, 6.07) is -0.602. The summed E-state index contributed by atoms with van der Waals surface area (Å²) in [4.78, 5) is 12.2. The Morgan fingerprint density at radius 1 is 1.21 bits per heavy atom. The molecule has 1 amide bonds. The normalized spacial score (nSPS) is 21.8. The number of hydrogen-bond acceptors (Lipinski definition) is 6. The first-order valence-electron chi connectivity index (χ1n) is 8.12. The van der Waals surface area contributed by atoms with Gasteiger partial charge in [0.05, 0.1) is 12.6 Å². The molecule has 1 heterocycles. The van der Waals surface area contributed by atoms with Crippen LogP contribution in [0.25, 0.3) is 0 Å². The molecule has 1 rings (SSSR count). The molecule has 0 saturated carbocycles. The number of carbonyl (C=O) groups excluding carboxylic acids is 1. The molecule has 0 radical (unpaired) electrons. The number of nitrogens with zero attached hydrogens (tertiary/aromatic N) is 1. The quantitative estimate of drug-likeness (QED) is 0.695. The van der Waals surface area contributed by atoms with Crippen molar-refractivity contribution in [1.82, 2.24) is 4.31 Å². The van der Waals surface area contributed by atoms with Crippen LogP contribution in [-0.4, -0.2) is 52.0 Å². The second-order valence-electron chi connectivity index (χ2n) is 8.57. The zero-order chi connectivity index (χ0) is 19.0. The van der Waals surface area contributed by atoms with Gasteiger partial charge in [0.2, 0.25) is 0 Å². The Balaban J connectivity index is 2.75. The van der Waals surface area contributed by atoms with Gasteiger partial charge in [0, 0.05) is 6.61 Å². The Labute approximate surface area is 147 Å². The molecule has 9 heteroatoms. The van der Waals surface area contributed by atoms with Crippen LogP contribution in [0.3, 0.4) is 0 Å². The molecule has 1 fully saturated rings. The molecule has 0 aliphatic carbocycles. The lowest BCUT2D eigenvalue weighted by atomic mass is 10.2. The third-order valence-electron chi connectivity index (χ3n) is 4.28. The van der Waals surface area contributed by atoms with Crippen molar-refractivity contribution in [3.05, 3.63) is 0 Å². The van der Waals surface area contributed by atoms with Crippen LogP contribution in [0.4, 0.5) is 4.79 Å². The zero-order valence-corrected chi connectivity index (χ0v) is 17.8. The van der Waals surface area contributed by atoms with Gasteiger partial charge >= 0.3 is 16.4 Å². The average Bonchev–Trinajstić information content (AvgIpc) is 2.60. The van der Waals surface area contributed by atoms with E-state index in [0.717, 1.165) is 0 Å². The van der Waals surface area contributed by atoms with Crippen LogP contribution in [0.2, 0.25) is 18.1 Å². The van der Waals surface area contributed by atoms with E-state index in [1.807, 2.05) is 0 Å². The van der Waals surface area contributed by atoms with Crippen LogP contribution in [0, 0.1) is 0 Å². The van der Waals surface area contributed by atoms with Gasteiger partial charge in [-0.05, 0) is 45.3 Å². The van der Waals surface area contributed by atoms with Gasteiger partial charge in [-0.3, -0.25) is 4.18 Å². The zero-order valence-electron chi connectivity index (χ0n) is 16.0. The first-order chi connectivity index (χ1) is 10.6. The summed E-state index contributed by atoms with van der Waals surface area (Å²) in [6.45, 7) is 16.0. The summed E-state index contributed by atoms with van der Waals surface area (Å²) >= 11 is 0. The first-order valence-corrected chi connectivity index (χ1v) is 12.4. The van der Waals surface area contributed by atoms with E-state index in [-0.39, 0.29) is 11.6 Å². The molecule has 142 valence electrons. The molecule has 0 unspecified atom stereocenters. The van der Waals surface area contributed by atoms with Gasteiger partial charge in [-0.2, -0.15) is 12.7 Å². The molecule has 0 aromatic carbocycles. The molecule has 0 aromatic heterocycles. The monoisotopic (exact) mass is 381 g/mol. The van der Waals surface area contributed by atoms with Crippen molar-refractivity contribution >= 4 is 24.7 Å². The second kappa shape index (κ2) is 6.93. The second-order valence-corrected chi connectivity index (χ2v) is 14.9. The lowest BCUT2D eigenvalue weighted by Crippen LogP contribution is -2.45. The molecule has 1 aliphatic heterocycles. The fraction of sp³-hybridized carbons (Fsp3) is 0.933. The van der Waals surface area contributed by atoms with Crippen molar-refractivity contribution in [2.24, 2.45) is 0 Å². The third kappa shape index (κ3) is 5.43. The number of rotatable bonds is 4. The summed E-state index contributed by atoms with van der Waals surface area (Å²) in [7, 11) is -6.01. The molecule has 1 atom stereocenters. The van der Waals surface area contributed by atoms with E-state index < -0.39 is 36.4 Å². The number of hydrogen-bond donors (Lipinski definition) is 0. The van der Waals surface area contributed by atoms with Crippen LogP contribution in [0.15, 0.2) is 0 Å². The minimum absolute atomic E-state index is 0.0656. The van der Waals surface area contributed by atoms with Crippen LogP contribution in [-0.2, 0) is 23.7 Å². The predicted octanol–water partition coefficient (Wildman–Crippen LogP) is 3.28. The van der Waals surface area contributed by atoms with Crippen LogP contribution in [0.5, 0.6) is 0 Å². The van der Waals surface area contributed by atoms with E-state index in [4.69, 9.17) is 13.3 Å². The summed E-state index contributed by atoms with van der Waals surface area (Å²) in [6.07, 6.45) is -0.525. The first kappa shape index (κ1) is 21.4. The average molecular weight is 382 g/mol. The van der Waals surface area contributed by atoms with Crippen LogP contribution < -0.4 is 0 Å². The molecule has 24 heavy (non-hydrogen) atoms. The Bertz CT molecular complexity index is 561. The van der Waals surface area contributed by atoms with E-state index >= 15 is 0 Å². The largest absolute Gasteiger partial charge is 0.443 e. The highest BCUT2D eigenvalue weighted by Gasteiger charge is 2.45. The van der Waals surface area contributed by atoms with Crippen molar-refractivity contribution in [1.29, 1.82) is 0 Å². The minimum atomic E-state index is -4.09. The maximum atomic E-state index is 12.2. The highest BCUT2D eigenvalue weighted by molar-refractivity contribution is 7.85. The van der Waals surface area contributed by atoms with Gasteiger partial charge in [-0.1, -0.05) is 20.8 Å². The van der Waals surface area contributed by atoms with Crippen LogP contribution in [0.1, 0.15) is 48.0 Å². The fourth-order valence-electron chi connectivity index (χ4n) is 1.89. The lowest BCUT2D eigenvalue weighted by molar-refractivity contribution is 0.0345. The van der Waals surface area contributed by atoms with Gasteiger partial charge in [0.25, 0.3) is 0 Å². The highest BCUT2D eigenvalue weighted by Crippen LogP contribution is 2.36. The standard InChI is InChI=1S/C15H31NO6SSi/c1-14(2,3)22-13(17)16-12(11-20-23(16,18)19)9-10-21-24(7,8)15(4,5)6/h12H,9-11H2,1-8H3/t12-/m1/s1. The highest BCUT2D eigenvalue weighted by atomic mass is 32.2. The van der Waals surface area contributed by atoms with Crippen molar-refractivity contribution < 1.29 is 26.6 Å². The summed E-state index contributed by atoms with van der Waals surface area (Å²) in [5.41, 5.74) is -0.780. The number of carbonyl (C=O) groups is 1. The van der Waals surface area contributed by atoms with Gasteiger partial charge < -0.3 is 9.16 Å². The molecule has 0 spiro atoms. The molecule has 0 bridgehead atoms. The molecular weight excluding hydrogens is 350 g/mol. The van der Waals surface area contributed by atoms with E-state index in [1.54, 1.807) is 20.8 Å². The van der Waals surface area contributed by atoms with Gasteiger partial charge in [0.1, 0.15) is 5.60 Å². The molecule has 1 saturated heterocycles. The molecular formula is C15H31NO6SSi. The molecule has 1 aliphatic rings. The van der Waals surface area contributed by atoms with Crippen molar-refractivity contribution in [3.63, 3.8) is 0 Å². The smallest absolute Gasteiger partial charge is 0.426 e. The summed E-state index contributed by atoms with van der Waals surface area (Å²) < 4.78 is 40.7. The van der Waals surface area contributed by atoms with E-state index in [1.165, 1.54) is 0 Å². The molecule has 0 N–H and O–H groups in total. The molecule has 7 nitrogen and oxygen atoms in total. The Morgan fingerprint density at radius 3 is 2.21 bits per heavy atom. The minimum Gasteiger partial charge on any atom is -0.443 e. The number of ether oxygens (including phenoxy) is 1. The summed E-state index contributed by atoms with van der Waals surface area (Å²) in [5, 5.41) is 0.0656. The Morgan fingerprint density at radius 2 is 1.75 bits per heavy atom.